The standard InChI is InChI=1S/C40H41N9O4/c1-4-5-8-28-20-38(49(47-28)29-13-11-26(2)12-14-29)46-40(51)44-33-15-16-35(32-10-7-6-9-31(32)33)53-25-27-17-18-41-36(19-27)45-37-22-42-34(21-43-37)39(50)48-23-30(24-48)52-3/h6-7,9-22,30H,4-5,8,23-25H2,1-3H3,(H,41,43,45)(H2,44,46,51). The Hall–Kier alpha value is -6.34. The number of anilines is 4. The summed E-state index contributed by atoms with van der Waals surface area (Å²) >= 11 is 0. The van der Waals surface area contributed by atoms with Gasteiger partial charge in [0.15, 0.2) is 0 Å². The smallest absolute Gasteiger partial charge is 0.324 e. The Morgan fingerprint density at radius 2 is 1.70 bits per heavy atom. The Balaban J connectivity index is 1.00. The minimum atomic E-state index is -0.377. The molecule has 6 aromatic rings. The summed E-state index contributed by atoms with van der Waals surface area (Å²) in [5, 5.41) is 15.7. The van der Waals surface area contributed by atoms with Crippen LogP contribution < -0.4 is 20.7 Å². The molecule has 3 aromatic heterocycles. The zero-order valence-corrected chi connectivity index (χ0v) is 29.9. The molecule has 270 valence electrons. The molecule has 13 nitrogen and oxygen atoms in total. The lowest BCUT2D eigenvalue weighted by atomic mass is 10.1. The topological polar surface area (TPSA) is 148 Å². The number of pyridine rings is 1. The van der Waals surface area contributed by atoms with Crippen molar-refractivity contribution in [1.82, 2.24) is 29.6 Å². The number of carbonyl (C=O) groups excluding carboxylic acids is 2. The van der Waals surface area contributed by atoms with E-state index >= 15 is 0 Å². The van der Waals surface area contributed by atoms with Crippen molar-refractivity contribution in [3.05, 3.63) is 120 Å². The maximum Gasteiger partial charge on any atom is 0.324 e. The SMILES string of the molecule is CCCCc1cc(NC(=O)Nc2ccc(OCc3ccnc(Nc4cnc(C(=O)N5CC(OC)C5)cn4)c3)c3ccccc23)n(-c2ccc(C)cc2)n1. The van der Waals surface area contributed by atoms with E-state index in [0.29, 0.717) is 42.0 Å². The summed E-state index contributed by atoms with van der Waals surface area (Å²) in [5.74, 6) is 2.10. The largest absolute Gasteiger partial charge is 0.488 e. The second-order valence-corrected chi connectivity index (χ2v) is 12.9. The fraction of sp³-hybridized carbons (Fsp3) is 0.250. The summed E-state index contributed by atoms with van der Waals surface area (Å²) in [4.78, 5) is 40.7. The monoisotopic (exact) mass is 711 g/mol. The molecular formula is C40H41N9O4. The van der Waals surface area contributed by atoms with Crippen LogP contribution in [0.5, 0.6) is 5.75 Å². The molecular weight excluding hydrogens is 670 g/mol. The van der Waals surface area contributed by atoms with E-state index < -0.39 is 0 Å². The van der Waals surface area contributed by atoms with Crippen LogP contribution in [-0.2, 0) is 17.8 Å². The van der Waals surface area contributed by atoms with Crippen LogP contribution in [0.25, 0.3) is 16.5 Å². The molecule has 1 fully saturated rings. The van der Waals surface area contributed by atoms with Gasteiger partial charge in [-0.25, -0.2) is 24.4 Å². The van der Waals surface area contributed by atoms with Gasteiger partial charge in [-0.3, -0.25) is 10.1 Å². The van der Waals surface area contributed by atoms with E-state index in [4.69, 9.17) is 14.6 Å². The average molecular weight is 712 g/mol. The normalized spacial score (nSPS) is 12.7. The Labute approximate surface area is 307 Å². The molecule has 0 atom stereocenters. The predicted octanol–water partition coefficient (Wildman–Crippen LogP) is 7.30. The molecule has 1 aliphatic heterocycles. The first kappa shape index (κ1) is 35.1. The van der Waals surface area contributed by atoms with Crippen molar-refractivity contribution in [3.63, 3.8) is 0 Å². The fourth-order valence-electron chi connectivity index (χ4n) is 6.00. The van der Waals surface area contributed by atoms with Crippen LogP contribution in [0.3, 0.4) is 0 Å². The maximum atomic E-state index is 13.4. The van der Waals surface area contributed by atoms with Gasteiger partial charge in [-0.2, -0.15) is 5.10 Å². The number of rotatable bonds is 13. The fourth-order valence-corrected chi connectivity index (χ4v) is 6.00. The van der Waals surface area contributed by atoms with Gasteiger partial charge in [-0.1, -0.05) is 55.3 Å². The van der Waals surface area contributed by atoms with Crippen molar-refractivity contribution in [3.8, 4) is 11.4 Å². The predicted molar refractivity (Wildman–Crippen MR) is 204 cm³/mol. The molecule has 1 saturated heterocycles. The van der Waals surface area contributed by atoms with Crippen LogP contribution in [0.15, 0.2) is 97.5 Å². The molecule has 0 spiro atoms. The summed E-state index contributed by atoms with van der Waals surface area (Å²) < 4.78 is 13.3. The quantitative estimate of drug-likeness (QED) is 0.112. The number of nitrogens with zero attached hydrogens (tertiary/aromatic N) is 6. The maximum absolute atomic E-state index is 13.4. The van der Waals surface area contributed by atoms with E-state index in [-0.39, 0.29) is 30.3 Å². The lowest BCUT2D eigenvalue weighted by molar-refractivity contribution is -0.0194. The molecule has 0 unspecified atom stereocenters. The number of amides is 3. The summed E-state index contributed by atoms with van der Waals surface area (Å²) in [6.07, 6.45) is 7.62. The number of likely N-dealkylation sites (tertiary alicyclic amines) is 1. The van der Waals surface area contributed by atoms with Gasteiger partial charge in [0.2, 0.25) is 0 Å². The summed E-state index contributed by atoms with van der Waals surface area (Å²) in [6.45, 7) is 5.55. The minimum Gasteiger partial charge on any atom is -0.488 e. The van der Waals surface area contributed by atoms with Gasteiger partial charge in [-0.05, 0) is 61.7 Å². The molecule has 4 heterocycles. The number of methoxy groups -OCH3 is 1. The number of fused-ring (bicyclic) bond motifs is 1. The number of aryl methyl sites for hydroxylation is 2. The first-order valence-electron chi connectivity index (χ1n) is 17.6. The van der Waals surface area contributed by atoms with E-state index in [1.54, 1.807) is 22.9 Å². The van der Waals surface area contributed by atoms with Gasteiger partial charge >= 0.3 is 6.03 Å². The molecule has 3 aromatic carbocycles. The van der Waals surface area contributed by atoms with Crippen LogP contribution in [0.1, 0.15) is 47.1 Å². The second-order valence-electron chi connectivity index (χ2n) is 12.9. The third-order valence-electron chi connectivity index (χ3n) is 9.01. The molecule has 0 bridgehead atoms. The number of benzene rings is 3. The number of hydrogen-bond donors (Lipinski definition) is 3. The highest BCUT2D eigenvalue weighted by Gasteiger charge is 2.31. The first-order valence-corrected chi connectivity index (χ1v) is 17.6. The second kappa shape index (κ2) is 15.9. The zero-order valence-electron chi connectivity index (χ0n) is 29.9. The average Bonchev–Trinajstić information content (AvgIpc) is 3.55. The molecule has 3 N–H and O–H groups in total. The van der Waals surface area contributed by atoms with E-state index in [9.17, 15) is 9.59 Å². The number of hydrogen-bond acceptors (Lipinski definition) is 9. The van der Waals surface area contributed by atoms with Crippen LogP contribution in [0, 0.1) is 6.92 Å². The summed E-state index contributed by atoms with van der Waals surface area (Å²) in [6, 6.07) is 24.8. The Kier molecular flexibility index (Phi) is 10.5. The highest BCUT2D eigenvalue weighted by Crippen LogP contribution is 2.32. The zero-order chi connectivity index (χ0) is 36.7. The third-order valence-corrected chi connectivity index (χ3v) is 9.01. The first-order chi connectivity index (χ1) is 25.9. The van der Waals surface area contributed by atoms with E-state index in [2.05, 4.69) is 37.8 Å². The molecule has 0 radical (unpaired) electrons. The van der Waals surface area contributed by atoms with Crippen molar-refractivity contribution in [2.45, 2.75) is 45.8 Å². The number of nitrogens with one attached hydrogen (secondary N) is 3. The molecule has 7 rings (SSSR count). The van der Waals surface area contributed by atoms with E-state index in [1.807, 2.05) is 85.8 Å². The van der Waals surface area contributed by atoms with Gasteiger partial charge < -0.3 is 25.0 Å². The van der Waals surface area contributed by atoms with Crippen molar-refractivity contribution >= 4 is 45.9 Å². The van der Waals surface area contributed by atoms with Gasteiger partial charge in [-0.15, -0.1) is 0 Å². The number of ether oxygens (including phenoxy) is 2. The number of carbonyl (C=O) groups is 2. The van der Waals surface area contributed by atoms with E-state index in [1.165, 1.54) is 12.4 Å². The Morgan fingerprint density at radius 1 is 0.887 bits per heavy atom. The molecule has 13 heteroatoms. The van der Waals surface area contributed by atoms with Gasteiger partial charge in [0, 0.05) is 43.2 Å². The molecule has 0 saturated carbocycles. The third kappa shape index (κ3) is 8.26. The molecule has 53 heavy (non-hydrogen) atoms. The molecule has 0 aliphatic carbocycles. The van der Waals surface area contributed by atoms with Crippen LogP contribution >= 0.6 is 0 Å². The molecule has 1 aliphatic rings. The van der Waals surface area contributed by atoms with Crippen molar-refractivity contribution in [2.75, 3.05) is 36.1 Å². The van der Waals surface area contributed by atoms with Gasteiger partial charge in [0.1, 0.15) is 35.5 Å². The van der Waals surface area contributed by atoms with Crippen LogP contribution in [-0.4, -0.2) is 67.9 Å². The highest BCUT2D eigenvalue weighted by molar-refractivity contribution is 6.07. The number of aromatic nitrogens is 5. The number of unbranched alkanes of at least 4 members (excludes halogenated alkanes) is 1. The van der Waals surface area contributed by atoms with Crippen LogP contribution in [0.4, 0.5) is 27.9 Å². The van der Waals surface area contributed by atoms with Crippen molar-refractivity contribution < 1.29 is 19.1 Å². The highest BCUT2D eigenvalue weighted by atomic mass is 16.5. The Morgan fingerprint density at radius 3 is 2.45 bits per heavy atom. The van der Waals surface area contributed by atoms with E-state index in [0.717, 1.165) is 52.5 Å². The van der Waals surface area contributed by atoms with Gasteiger partial charge in [0.05, 0.1) is 35.6 Å². The van der Waals surface area contributed by atoms with Crippen molar-refractivity contribution in [2.24, 2.45) is 0 Å². The molecule has 3 amide bonds. The van der Waals surface area contributed by atoms with Gasteiger partial charge in [0.25, 0.3) is 5.91 Å². The summed E-state index contributed by atoms with van der Waals surface area (Å²) in [5.41, 5.74) is 4.74. The minimum absolute atomic E-state index is 0.0698. The Bertz CT molecular complexity index is 2220. The summed E-state index contributed by atoms with van der Waals surface area (Å²) in [7, 11) is 1.64. The number of urea groups is 1. The van der Waals surface area contributed by atoms with Crippen molar-refractivity contribution in [1.29, 1.82) is 0 Å². The lowest BCUT2D eigenvalue weighted by Gasteiger charge is -2.37. The van der Waals surface area contributed by atoms with Crippen LogP contribution in [0.2, 0.25) is 0 Å². The lowest BCUT2D eigenvalue weighted by Crippen LogP contribution is -2.54.